The maximum Gasteiger partial charge on any atom is 0.256 e. The predicted octanol–water partition coefficient (Wildman–Crippen LogP) is 1.91. The Bertz CT molecular complexity index is 487. The largest absolute Gasteiger partial charge is 0.504 e. The minimum Gasteiger partial charge on any atom is -0.504 e. The first-order valence-corrected chi connectivity index (χ1v) is 5.74. The van der Waals surface area contributed by atoms with Crippen molar-refractivity contribution in [1.29, 1.82) is 5.26 Å². The van der Waals surface area contributed by atoms with Crippen molar-refractivity contribution in [2.24, 2.45) is 0 Å². The minimum absolute atomic E-state index is 0.0449. The van der Waals surface area contributed by atoms with Crippen LogP contribution in [0.1, 0.15) is 37.0 Å². The van der Waals surface area contributed by atoms with Crippen molar-refractivity contribution < 1.29 is 15.0 Å². The average Bonchev–Trinajstić information content (AvgIpc) is 2.39. The van der Waals surface area contributed by atoms with E-state index in [2.05, 4.69) is 11.4 Å². The van der Waals surface area contributed by atoms with Crippen LogP contribution in [0.15, 0.2) is 18.2 Å². The number of carbonyl (C=O) groups is 1. The molecule has 0 saturated carbocycles. The number of benzene rings is 1. The molecule has 1 aromatic rings. The SMILES string of the molecule is CCC(C#N)(CC)NC(=O)c1cccc(O)c1O. The first kappa shape index (κ1) is 13.8. The summed E-state index contributed by atoms with van der Waals surface area (Å²) in [6, 6.07) is 6.20. The zero-order valence-corrected chi connectivity index (χ0v) is 10.4. The number of hydrogen-bond acceptors (Lipinski definition) is 4. The van der Waals surface area contributed by atoms with Crippen molar-refractivity contribution in [1.82, 2.24) is 5.32 Å². The van der Waals surface area contributed by atoms with Gasteiger partial charge in [-0.2, -0.15) is 5.26 Å². The Balaban J connectivity index is 3.03. The molecule has 5 heteroatoms. The van der Waals surface area contributed by atoms with Gasteiger partial charge in [-0.1, -0.05) is 19.9 Å². The highest BCUT2D eigenvalue weighted by molar-refractivity contribution is 5.98. The average molecular weight is 248 g/mol. The van der Waals surface area contributed by atoms with Gasteiger partial charge in [0.2, 0.25) is 0 Å². The number of aromatic hydroxyl groups is 2. The van der Waals surface area contributed by atoms with Gasteiger partial charge in [0.1, 0.15) is 5.54 Å². The molecule has 0 unspecified atom stereocenters. The van der Waals surface area contributed by atoms with Gasteiger partial charge in [0.05, 0.1) is 11.6 Å². The summed E-state index contributed by atoms with van der Waals surface area (Å²) < 4.78 is 0. The molecule has 1 aromatic carbocycles. The number of nitrogens with zero attached hydrogens (tertiary/aromatic N) is 1. The molecule has 0 fully saturated rings. The van der Waals surface area contributed by atoms with Crippen molar-refractivity contribution in [3.63, 3.8) is 0 Å². The molecule has 0 aromatic heterocycles. The van der Waals surface area contributed by atoms with Gasteiger partial charge in [-0.15, -0.1) is 0 Å². The van der Waals surface area contributed by atoms with E-state index in [0.717, 1.165) is 0 Å². The Morgan fingerprint density at radius 1 is 1.39 bits per heavy atom. The fraction of sp³-hybridized carbons (Fsp3) is 0.385. The molecule has 0 saturated heterocycles. The fourth-order valence-corrected chi connectivity index (χ4v) is 1.61. The molecule has 0 heterocycles. The van der Waals surface area contributed by atoms with E-state index in [-0.39, 0.29) is 11.3 Å². The van der Waals surface area contributed by atoms with E-state index in [4.69, 9.17) is 5.26 Å². The van der Waals surface area contributed by atoms with Crippen molar-refractivity contribution in [2.45, 2.75) is 32.2 Å². The Kier molecular flexibility index (Phi) is 4.16. The number of carbonyl (C=O) groups excluding carboxylic acids is 1. The standard InChI is InChI=1S/C13H16N2O3/c1-3-13(4-2,8-14)15-12(18)9-6-5-7-10(16)11(9)17/h5-7,16-17H,3-4H2,1-2H3,(H,15,18). The quantitative estimate of drug-likeness (QED) is 0.709. The highest BCUT2D eigenvalue weighted by Gasteiger charge is 2.29. The second-order valence-electron chi connectivity index (χ2n) is 4.03. The predicted molar refractivity (Wildman–Crippen MR) is 66.2 cm³/mol. The van der Waals surface area contributed by atoms with E-state index in [0.29, 0.717) is 12.8 Å². The summed E-state index contributed by atoms with van der Waals surface area (Å²) in [4.78, 5) is 12.0. The zero-order chi connectivity index (χ0) is 13.8. The molecule has 0 radical (unpaired) electrons. The lowest BCUT2D eigenvalue weighted by atomic mass is 9.94. The summed E-state index contributed by atoms with van der Waals surface area (Å²) in [7, 11) is 0. The number of phenols is 2. The summed E-state index contributed by atoms with van der Waals surface area (Å²) in [6.45, 7) is 3.60. The molecule has 0 spiro atoms. The Hall–Kier alpha value is -2.22. The van der Waals surface area contributed by atoms with E-state index >= 15 is 0 Å². The summed E-state index contributed by atoms with van der Waals surface area (Å²) in [5.74, 6) is -1.42. The zero-order valence-electron chi connectivity index (χ0n) is 10.4. The second-order valence-corrected chi connectivity index (χ2v) is 4.03. The minimum atomic E-state index is -0.949. The molecule has 0 aliphatic rings. The third-order valence-electron chi connectivity index (χ3n) is 3.03. The molecule has 96 valence electrons. The molecule has 5 nitrogen and oxygen atoms in total. The number of hydrogen-bond donors (Lipinski definition) is 3. The van der Waals surface area contributed by atoms with Crippen molar-refractivity contribution in [2.75, 3.05) is 0 Å². The Labute approximate surface area is 106 Å². The van der Waals surface area contributed by atoms with Crippen molar-refractivity contribution in [3.05, 3.63) is 23.8 Å². The number of rotatable bonds is 4. The maximum absolute atomic E-state index is 12.0. The first-order valence-electron chi connectivity index (χ1n) is 5.74. The van der Waals surface area contributed by atoms with Gasteiger partial charge in [-0.05, 0) is 25.0 Å². The summed E-state index contributed by atoms with van der Waals surface area (Å²) in [5.41, 5.74) is -0.994. The normalized spacial score (nSPS) is 10.7. The summed E-state index contributed by atoms with van der Waals surface area (Å²) in [5, 5.41) is 30.6. The van der Waals surface area contributed by atoms with Gasteiger partial charge in [0, 0.05) is 0 Å². The van der Waals surface area contributed by atoms with Crippen LogP contribution >= 0.6 is 0 Å². The van der Waals surface area contributed by atoms with Crippen LogP contribution < -0.4 is 5.32 Å². The van der Waals surface area contributed by atoms with Crippen LogP contribution in [0, 0.1) is 11.3 Å². The lowest BCUT2D eigenvalue weighted by molar-refractivity contribution is 0.0912. The van der Waals surface area contributed by atoms with E-state index in [1.807, 2.05) is 0 Å². The molecule has 0 aliphatic heterocycles. The molecular formula is C13H16N2O3. The number of nitrogens with one attached hydrogen (secondary N) is 1. The van der Waals surface area contributed by atoms with Gasteiger partial charge in [-0.25, -0.2) is 0 Å². The lowest BCUT2D eigenvalue weighted by Gasteiger charge is -2.25. The number of amides is 1. The molecular weight excluding hydrogens is 232 g/mol. The Morgan fingerprint density at radius 2 is 2.00 bits per heavy atom. The fourth-order valence-electron chi connectivity index (χ4n) is 1.61. The van der Waals surface area contributed by atoms with E-state index < -0.39 is 17.2 Å². The van der Waals surface area contributed by atoms with Crippen LogP contribution in [-0.4, -0.2) is 21.7 Å². The van der Waals surface area contributed by atoms with Crippen molar-refractivity contribution in [3.8, 4) is 17.6 Å². The highest BCUT2D eigenvalue weighted by atomic mass is 16.3. The second kappa shape index (κ2) is 5.41. The van der Waals surface area contributed by atoms with Crippen molar-refractivity contribution >= 4 is 5.91 Å². The monoisotopic (exact) mass is 248 g/mol. The lowest BCUT2D eigenvalue weighted by Crippen LogP contribution is -2.46. The van der Waals surface area contributed by atoms with Gasteiger partial charge < -0.3 is 15.5 Å². The molecule has 1 rings (SSSR count). The van der Waals surface area contributed by atoms with Gasteiger partial charge in [0.15, 0.2) is 11.5 Å². The smallest absolute Gasteiger partial charge is 0.256 e. The molecule has 3 N–H and O–H groups in total. The summed E-state index contributed by atoms with van der Waals surface area (Å²) in [6.07, 6.45) is 0.927. The molecule has 1 amide bonds. The van der Waals surface area contributed by atoms with E-state index in [9.17, 15) is 15.0 Å². The highest BCUT2D eigenvalue weighted by Crippen LogP contribution is 2.28. The van der Waals surface area contributed by atoms with E-state index in [1.54, 1.807) is 13.8 Å². The molecule has 0 atom stereocenters. The van der Waals surface area contributed by atoms with Crippen LogP contribution in [0.25, 0.3) is 0 Å². The van der Waals surface area contributed by atoms with Crippen LogP contribution in [0.5, 0.6) is 11.5 Å². The number of para-hydroxylation sites is 1. The van der Waals surface area contributed by atoms with Gasteiger partial charge >= 0.3 is 0 Å². The van der Waals surface area contributed by atoms with Crippen LogP contribution in [-0.2, 0) is 0 Å². The van der Waals surface area contributed by atoms with Crippen LogP contribution in [0.3, 0.4) is 0 Å². The third kappa shape index (κ3) is 2.54. The van der Waals surface area contributed by atoms with Crippen LogP contribution in [0.4, 0.5) is 0 Å². The summed E-state index contributed by atoms with van der Waals surface area (Å²) >= 11 is 0. The molecule has 0 bridgehead atoms. The number of phenolic OH excluding ortho intramolecular Hbond substituents is 2. The Morgan fingerprint density at radius 3 is 2.50 bits per heavy atom. The number of nitriles is 1. The first-order chi connectivity index (χ1) is 8.49. The van der Waals surface area contributed by atoms with Crippen LogP contribution in [0.2, 0.25) is 0 Å². The topological polar surface area (TPSA) is 93.4 Å². The maximum atomic E-state index is 12.0. The van der Waals surface area contributed by atoms with E-state index in [1.165, 1.54) is 18.2 Å². The molecule has 0 aliphatic carbocycles. The molecule has 18 heavy (non-hydrogen) atoms. The van der Waals surface area contributed by atoms with Gasteiger partial charge in [-0.3, -0.25) is 4.79 Å². The third-order valence-corrected chi connectivity index (χ3v) is 3.03. The van der Waals surface area contributed by atoms with Gasteiger partial charge in [0.25, 0.3) is 5.91 Å².